The molecule has 0 bridgehead atoms. The van der Waals surface area contributed by atoms with E-state index in [1.54, 1.807) is 0 Å². The summed E-state index contributed by atoms with van der Waals surface area (Å²) in [5.41, 5.74) is 0.121. The highest BCUT2D eigenvalue weighted by Crippen LogP contribution is 2.08. The smallest absolute Gasteiger partial charge is 0.0481 e. The minimum atomic E-state index is 0.121. The molecule has 0 fully saturated rings. The summed E-state index contributed by atoms with van der Waals surface area (Å²) >= 11 is 0. The van der Waals surface area contributed by atoms with Gasteiger partial charge in [-0.3, -0.25) is 0 Å². The minimum Gasteiger partial charge on any atom is -0.342 e. The molecule has 0 aromatic carbocycles. The van der Waals surface area contributed by atoms with Crippen LogP contribution in [0.1, 0.15) is 27.7 Å². The van der Waals surface area contributed by atoms with E-state index in [0.717, 1.165) is 0 Å². The monoisotopic (exact) mass is 189 g/mol. The van der Waals surface area contributed by atoms with E-state index in [9.17, 15) is 0 Å². The van der Waals surface area contributed by atoms with Crippen molar-refractivity contribution in [2.75, 3.05) is 0 Å². The van der Waals surface area contributed by atoms with Crippen molar-refractivity contribution in [1.82, 2.24) is 4.57 Å². The summed E-state index contributed by atoms with van der Waals surface area (Å²) in [6, 6.07) is 2.14. The maximum Gasteiger partial charge on any atom is 0.0481 e. The highest BCUT2D eigenvalue weighted by molar-refractivity contribution is 5.36. The molecular formula is C13H19N. The van der Waals surface area contributed by atoms with E-state index < -0.39 is 0 Å². The fourth-order valence-corrected chi connectivity index (χ4v) is 1.58. The van der Waals surface area contributed by atoms with Gasteiger partial charge in [0.25, 0.3) is 0 Å². The number of allylic oxidation sites excluding steroid dienone is 1. The van der Waals surface area contributed by atoms with Crippen molar-refractivity contribution in [1.29, 1.82) is 0 Å². The van der Waals surface area contributed by atoms with Gasteiger partial charge in [-0.1, -0.05) is 18.7 Å². The van der Waals surface area contributed by atoms with Crippen LogP contribution < -0.4 is 10.6 Å². The standard InChI is InChI=1S/C13H19N/c1-6-8-12-11(7-2)9-10-14(12)13(3,4)5/h6-10H,1H2,2-5H3/b11-7-,12-8+. The van der Waals surface area contributed by atoms with Crippen molar-refractivity contribution in [3.63, 3.8) is 0 Å². The highest BCUT2D eigenvalue weighted by atomic mass is 15.0. The van der Waals surface area contributed by atoms with E-state index in [4.69, 9.17) is 0 Å². The third-order valence-corrected chi connectivity index (χ3v) is 2.27. The van der Waals surface area contributed by atoms with Crippen molar-refractivity contribution in [3.8, 4) is 0 Å². The number of aromatic nitrogens is 1. The van der Waals surface area contributed by atoms with Crippen LogP contribution in [0.15, 0.2) is 24.9 Å². The van der Waals surface area contributed by atoms with Gasteiger partial charge in [-0.05, 0) is 45.1 Å². The van der Waals surface area contributed by atoms with E-state index in [1.165, 1.54) is 10.6 Å². The van der Waals surface area contributed by atoms with E-state index in [-0.39, 0.29) is 5.54 Å². The third-order valence-electron chi connectivity index (χ3n) is 2.27. The molecule has 0 N–H and O–H groups in total. The van der Waals surface area contributed by atoms with Crippen LogP contribution in [0.2, 0.25) is 0 Å². The third kappa shape index (κ3) is 1.98. The van der Waals surface area contributed by atoms with Crippen LogP contribution in [0.25, 0.3) is 12.2 Å². The summed E-state index contributed by atoms with van der Waals surface area (Å²) in [4.78, 5) is 0. The first-order valence-corrected chi connectivity index (χ1v) is 4.97. The van der Waals surface area contributed by atoms with Gasteiger partial charge in [0.15, 0.2) is 0 Å². The fourth-order valence-electron chi connectivity index (χ4n) is 1.58. The Morgan fingerprint density at radius 3 is 2.43 bits per heavy atom. The summed E-state index contributed by atoms with van der Waals surface area (Å²) in [6.07, 6.45) is 8.15. The molecule has 76 valence electrons. The molecule has 0 aliphatic heterocycles. The Hall–Kier alpha value is -1.24. The predicted molar refractivity (Wildman–Crippen MR) is 63.5 cm³/mol. The summed E-state index contributed by atoms with van der Waals surface area (Å²) < 4.78 is 2.27. The first-order chi connectivity index (χ1) is 6.50. The molecule has 1 aromatic heterocycles. The molecule has 1 heteroatoms. The van der Waals surface area contributed by atoms with Gasteiger partial charge >= 0.3 is 0 Å². The van der Waals surface area contributed by atoms with E-state index in [2.05, 4.69) is 63.3 Å². The van der Waals surface area contributed by atoms with Gasteiger partial charge in [0.1, 0.15) is 0 Å². The van der Waals surface area contributed by atoms with Gasteiger partial charge in [-0.25, -0.2) is 0 Å². The summed E-state index contributed by atoms with van der Waals surface area (Å²) in [7, 11) is 0. The molecule has 0 amide bonds. The molecule has 0 unspecified atom stereocenters. The van der Waals surface area contributed by atoms with Crippen molar-refractivity contribution in [3.05, 3.63) is 35.5 Å². The summed E-state index contributed by atoms with van der Waals surface area (Å²) in [6.45, 7) is 12.4. The lowest BCUT2D eigenvalue weighted by Gasteiger charge is -2.21. The largest absolute Gasteiger partial charge is 0.342 e. The van der Waals surface area contributed by atoms with Crippen molar-refractivity contribution >= 4 is 12.2 Å². The molecule has 1 rings (SSSR count). The molecule has 1 heterocycles. The minimum absolute atomic E-state index is 0.121. The Morgan fingerprint density at radius 1 is 1.36 bits per heavy atom. The van der Waals surface area contributed by atoms with Crippen LogP contribution in [0, 0.1) is 0 Å². The molecule has 0 radical (unpaired) electrons. The zero-order valence-electron chi connectivity index (χ0n) is 9.54. The molecule has 0 atom stereocenters. The lowest BCUT2D eigenvalue weighted by atomic mass is 10.1. The lowest BCUT2D eigenvalue weighted by Crippen LogP contribution is -2.37. The van der Waals surface area contributed by atoms with Crippen LogP contribution in [0.3, 0.4) is 0 Å². The average molecular weight is 189 g/mol. The maximum absolute atomic E-state index is 3.75. The molecule has 14 heavy (non-hydrogen) atoms. The Balaban J connectivity index is 3.57. The zero-order chi connectivity index (χ0) is 10.8. The molecule has 0 saturated heterocycles. The molecule has 0 aliphatic carbocycles. The van der Waals surface area contributed by atoms with Crippen LogP contribution in [-0.4, -0.2) is 4.57 Å². The van der Waals surface area contributed by atoms with Crippen LogP contribution in [0.4, 0.5) is 0 Å². The Morgan fingerprint density at radius 2 is 2.00 bits per heavy atom. The maximum atomic E-state index is 3.75. The van der Waals surface area contributed by atoms with Crippen LogP contribution in [0.5, 0.6) is 0 Å². The first-order valence-electron chi connectivity index (χ1n) is 4.97. The summed E-state index contributed by atoms with van der Waals surface area (Å²) in [5, 5.41) is 2.50. The molecular weight excluding hydrogens is 170 g/mol. The van der Waals surface area contributed by atoms with E-state index in [0.29, 0.717) is 0 Å². The second kappa shape index (κ2) is 3.87. The second-order valence-electron chi connectivity index (χ2n) is 4.39. The Labute approximate surface area is 86.1 Å². The summed E-state index contributed by atoms with van der Waals surface area (Å²) in [5.74, 6) is 0. The van der Waals surface area contributed by atoms with Gasteiger partial charge < -0.3 is 4.57 Å². The normalized spacial score (nSPS) is 14.9. The molecule has 0 saturated carbocycles. The Bertz CT molecular complexity index is 427. The predicted octanol–water partition coefficient (Wildman–Crippen LogP) is 2.01. The number of hydrogen-bond acceptors (Lipinski definition) is 0. The van der Waals surface area contributed by atoms with Crippen LogP contribution in [-0.2, 0) is 5.54 Å². The van der Waals surface area contributed by atoms with Crippen LogP contribution >= 0.6 is 0 Å². The number of rotatable bonds is 1. The van der Waals surface area contributed by atoms with Crippen molar-refractivity contribution < 1.29 is 0 Å². The molecule has 1 nitrogen and oxygen atoms in total. The van der Waals surface area contributed by atoms with Crippen molar-refractivity contribution in [2.24, 2.45) is 0 Å². The van der Waals surface area contributed by atoms with Gasteiger partial charge in [0.05, 0.1) is 0 Å². The quantitative estimate of drug-likeness (QED) is 0.637. The van der Waals surface area contributed by atoms with Gasteiger partial charge in [0.2, 0.25) is 0 Å². The highest BCUT2D eigenvalue weighted by Gasteiger charge is 2.12. The molecule has 0 aliphatic rings. The van der Waals surface area contributed by atoms with E-state index >= 15 is 0 Å². The first kappa shape index (κ1) is 10.8. The molecule has 1 aromatic rings. The van der Waals surface area contributed by atoms with Gasteiger partial charge in [-0.2, -0.15) is 0 Å². The average Bonchev–Trinajstić information content (AvgIpc) is 2.47. The SMILES string of the molecule is C=C/C=c1\c(=C/C)ccn1C(C)(C)C. The topological polar surface area (TPSA) is 4.93 Å². The zero-order valence-corrected chi connectivity index (χ0v) is 9.54. The van der Waals surface area contributed by atoms with E-state index in [1.807, 2.05) is 6.08 Å². The van der Waals surface area contributed by atoms with Gasteiger partial charge in [0, 0.05) is 17.1 Å². The number of nitrogens with zero attached hydrogens (tertiary/aromatic N) is 1. The number of hydrogen-bond donors (Lipinski definition) is 0. The van der Waals surface area contributed by atoms with Gasteiger partial charge in [-0.15, -0.1) is 0 Å². The second-order valence-corrected chi connectivity index (χ2v) is 4.39. The Kier molecular flexibility index (Phi) is 3.00. The molecule has 0 spiro atoms. The lowest BCUT2D eigenvalue weighted by molar-refractivity contribution is 0.389. The van der Waals surface area contributed by atoms with Crippen molar-refractivity contribution in [2.45, 2.75) is 33.2 Å². The fraction of sp³-hybridized carbons (Fsp3) is 0.385.